The van der Waals surface area contributed by atoms with Gasteiger partial charge in [0.25, 0.3) is 0 Å². The van der Waals surface area contributed by atoms with E-state index < -0.39 is 8.56 Å². The molecule has 0 amide bonds. The Bertz CT molecular complexity index is 189. The number of hydrogen-bond donors (Lipinski definition) is 0. The van der Waals surface area contributed by atoms with Crippen LogP contribution in [-0.2, 0) is 18.3 Å². The second-order valence-corrected chi connectivity index (χ2v) is 7.83. The van der Waals surface area contributed by atoms with Crippen LogP contribution in [0.5, 0.6) is 0 Å². The number of hydrogen-bond acceptors (Lipinski definition) is 4. The van der Waals surface area contributed by atoms with Gasteiger partial charge in [-0.05, 0) is 18.9 Å². The van der Waals surface area contributed by atoms with E-state index in [4.69, 9.17) is 18.3 Å². The van der Waals surface area contributed by atoms with Crippen molar-refractivity contribution in [1.82, 2.24) is 0 Å². The first-order valence-electron chi connectivity index (χ1n) is 6.73. The molecule has 5 heteroatoms. The van der Waals surface area contributed by atoms with Crippen molar-refractivity contribution in [1.29, 1.82) is 0 Å². The third-order valence-electron chi connectivity index (χ3n) is 2.71. The van der Waals surface area contributed by atoms with E-state index in [1.54, 1.807) is 0 Å². The highest BCUT2D eigenvalue weighted by Crippen LogP contribution is 2.17. The zero-order valence-electron chi connectivity index (χ0n) is 11.4. The summed E-state index contributed by atoms with van der Waals surface area (Å²) in [7, 11) is -2.13. The Labute approximate surface area is 106 Å². The molecule has 1 fully saturated rings. The maximum atomic E-state index is 5.98. The van der Waals surface area contributed by atoms with Gasteiger partial charge in [-0.25, -0.2) is 0 Å². The van der Waals surface area contributed by atoms with Crippen LogP contribution in [0.15, 0.2) is 0 Å². The third-order valence-corrected chi connectivity index (χ3v) is 5.89. The molecule has 1 saturated heterocycles. The molecule has 1 heterocycles. The highest BCUT2D eigenvalue weighted by Gasteiger charge is 2.37. The van der Waals surface area contributed by atoms with E-state index in [-0.39, 0.29) is 0 Å². The van der Waals surface area contributed by atoms with Gasteiger partial charge in [0, 0.05) is 13.2 Å². The minimum Gasteiger partial charge on any atom is -0.393 e. The lowest BCUT2D eigenvalue weighted by atomic mass is 10.5. The summed E-state index contributed by atoms with van der Waals surface area (Å²) >= 11 is 0. The fourth-order valence-corrected chi connectivity index (χ4v) is 3.96. The first-order valence-corrected chi connectivity index (χ1v) is 8.96. The Kier molecular flexibility index (Phi) is 7.30. The number of epoxide rings is 1. The molecule has 17 heavy (non-hydrogen) atoms. The average Bonchev–Trinajstić information content (AvgIpc) is 3.16. The molecule has 0 saturated carbocycles. The third kappa shape index (κ3) is 5.97. The van der Waals surface area contributed by atoms with Gasteiger partial charge < -0.3 is 18.3 Å². The van der Waals surface area contributed by atoms with E-state index in [1.165, 1.54) is 0 Å². The van der Waals surface area contributed by atoms with E-state index in [1.807, 2.05) is 0 Å². The molecule has 0 aliphatic carbocycles. The van der Waals surface area contributed by atoms with Crippen molar-refractivity contribution >= 4 is 8.56 Å². The van der Waals surface area contributed by atoms with Gasteiger partial charge in [0.15, 0.2) is 0 Å². The molecule has 0 aromatic rings. The fraction of sp³-hybridized carbons (Fsp3) is 1.00. The summed E-state index contributed by atoms with van der Waals surface area (Å²) in [4.78, 5) is 0. The molecular weight excluding hydrogens is 236 g/mol. The van der Waals surface area contributed by atoms with Crippen LogP contribution < -0.4 is 0 Å². The highest BCUT2D eigenvalue weighted by atomic mass is 28.4. The monoisotopic (exact) mass is 262 g/mol. The molecule has 1 atom stereocenters. The Morgan fingerprint density at radius 3 is 2.12 bits per heavy atom. The molecule has 1 unspecified atom stereocenters. The van der Waals surface area contributed by atoms with Crippen molar-refractivity contribution < 1.29 is 18.3 Å². The van der Waals surface area contributed by atoms with Gasteiger partial charge in [-0.15, -0.1) is 0 Å². The zero-order valence-corrected chi connectivity index (χ0v) is 12.4. The minimum atomic E-state index is -2.13. The molecule has 0 aromatic carbocycles. The van der Waals surface area contributed by atoms with E-state index in [0.29, 0.717) is 18.9 Å². The largest absolute Gasteiger partial charge is 0.393 e. The van der Waals surface area contributed by atoms with Crippen LogP contribution in [0.3, 0.4) is 0 Å². The molecule has 0 N–H and O–H groups in total. The van der Waals surface area contributed by atoms with Crippen molar-refractivity contribution in [3.8, 4) is 0 Å². The smallest absolute Gasteiger partial charge is 0.364 e. The maximum absolute atomic E-state index is 5.98. The van der Waals surface area contributed by atoms with Gasteiger partial charge in [0.1, 0.15) is 6.10 Å². The molecule has 0 bridgehead atoms. The van der Waals surface area contributed by atoms with Gasteiger partial charge >= 0.3 is 8.56 Å². The summed E-state index contributed by atoms with van der Waals surface area (Å²) in [6, 6.07) is 0.943. The Morgan fingerprint density at radius 2 is 1.71 bits per heavy atom. The lowest BCUT2D eigenvalue weighted by Crippen LogP contribution is -2.47. The van der Waals surface area contributed by atoms with Gasteiger partial charge in [0.2, 0.25) is 0 Å². The van der Waals surface area contributed by atoms with E-state index in [2.05, 4.69) is 20.8 Å². The molecule has 1 aliphatic rings. The number of ether oxygens (including phenoxy) is 2. The van der Waals surface area contributed by atoms with E-state index >= 15 is 0 Å². The van der Waals surface area contributed by atoms with E-state index in [0.717, 1.165) is 38.7 Å². The molecule has 0 aromatic heterocycles. The lowest BCUT2D eigenvalue weighted by molar-refractivity contribution is 0.0912. The second kappa shape index (κ2) is 8.21. The van der Waals surface area contributed by atoms with Gasteiger partial charge in [-0.1, -0.05) is 20.8 Å². The second-order valence-electron chi connectivity index (χ2n) is 4.43. The zero-order chi connectivity index (χ0) is 12.6. The van der Waals surface area contributed by atoms with Gasteiger partial charge in [-0.3, -0.25) is 0 Å². The Balaban J connectivity index is 2.34. The molecule has 102 valence electrons. The van der Waals surface area contributed by atoms with Crippen molar-refractivity contribution in [3.63, 3.8) is 0 Å². The summed E-state index contributed by atoms with van der Waals surface area (Å²) in [6.45, 7) is 9.43. The lowest BCUT2D eigenvalue weighted by Gasteiger charge is -2.29. The standard InChI is InChI=1S/C12H26O4Si/c1-4-7-15-17(6-3,16-8-5-2)11-13-9-12-10-14-12/h12H,4-11H2,1-3H3. The van der Waals surface area contributed by atoms with Crippen LogP contribution >= 0.6 is 0 Å². The van der Waals surface area contributed by atoms with Crippen LogP contribution in [-0.4, -0.2) is 47.3 Å². The summed E-state index contributed by atoms with van der Waals surface area (Å²) in [5.41, 5.74) is 0. The molecule has 4 nitrogen and oxygen atoms in total. The summed E-state index contributed by atoms with van der Waals surface area (Å²) in [6.07, 6.45) is 2.99. The Morgan fingerprint density at radius 1 is 1.12 bits per heavy atom. The van der Waals surface area contributed by atoms with Crippen molar-refractivity contribution in [2.24, 2.45) is 0 Å². The summed E-state index contributed by atoms with van der Waals surface area (Å²) in [5.74, 6) is 0. The van der Waals surface area contributed by atoms with E-state index in [9.17, 15) is 0 Å². The maximum Gasteiger partial charge on any atom is 0.364 e. The number of rotatable bonds is 11. The minimum absolute atomic E-state index is 0.316. The molecule has 0 spiro atoms. The van der Waals surface area contributed by atoms with Crippen LogP contribution in [0.25, 0.3) is 0 Å². The predicted molar refractivity (Wildman–Crippen MR) is 69.3 cm³/mol. The van der Waals surface area contributed by atoms with Crippen LogP contribution in [0, 0.1) is 0 Å². The SMILES string of the molecule is CCCO[Si](CC)(COCC1CO1)OCCC. The molecule has 1 aliphatic heterocycles. The average molecular weight is 262 g/mol. The predicted octanol–water partition coefficient (Wildman–Crippen LogP) is 2.26. The van der Waals surface area contributed by atoms with Crippen molar-refractivity contribution in [2.75, 3.05) is 32.7 Å². The topological polar surface area (TPSA) is 40.2 Å². The Hall–Kier alpha value is 0.0569. The highest BCUT2D eigenvalue weighted by molar-refractivity contribution is 6.67. The van der Waals surface area contributed by atoms with Crippen molar-refractivity contribution in [3.05, 3.63) is 0 Å². The van der Waals surface area contributed by atoms with Crippen LogP contribution in [0.2, 0.25) is 6.04 Å². The van der Waals surface area contributed by atoms with Gasteiger partial charge in [0.05, 0.1) is 19.4 Å². The normalized spacial score (nSPS) is 19.6. The van der Waals surface area contributed by atoms with Gasteiger partial charge in [-0.2, -0.15) is 0 Å². The van der Waals surface area contributed by atoms with Crippen LogP contribution in [0.4, 0.5) is 0 Å². The van der Waals surface area contributed by atoms with Crippen LogP contribution in [0.1, 0.15) is 33.6 Å². The van der Waals surface area contributed by atoms with Crippen molar-refractivity contribution in [2.45, 2.75) is 45.8 Å². The quantitative estimate of drug-likeness (QED) is 0.423. The molecule has 1 rings (SSSR count). The fourth-order valence-electron chi connectivity index (χ4n) is 1.52. The first-order chi connectivity index (χ1) is 8.26. The first kappa shape index (κ1) is 15.1. The summed E-state index contributed by atoms with van der Waals surface area (Å²) in [5, 5.41) is 0. The molecule has 0 radical (unpaired) electrons. The molecular formula is C12H26O4Si. The summed E-state index contributed by atoms with van der Waals surface area (Å²) < 4.78 is 22.8.